The third-order valence-electron chi connectivity index (χ3n) is 2.67. The molecule has 100 valence electrons. The van der Waals surface area contributed by atoms with Crippen LogP contribution in [-0.4, -0.2) is 13.2 Å². The number of halogens is 2. The molecule has 0 heterocycles. The summed E-state index contributed by atoms with van der Waals surface area (Å²) in [6.07, 6.45) is 0. The molecular weight excluding hydrogens is 370 g/mol. The van der Waals surface area contributed by atoms with Crippen molar-refractivity contribution >= 4 is 37.5 Å². The van der Waals surface area contributed by atoms with E-state index >= 15 is 0 Å². The van der Waals surface area contributed by atoms with E-state index in [-0.39, 0.29) is 0 Å². The van der Waals surface area contributed by atoms with Crippen LogP contribution >= 0.6 is 31.9 Å². The predicted molar refractivity (Wildman–Crippen MR) is 87.0 cm³/mol. The normalized spacial score (nSPS) is 10.3. The third kappa shape index (κ3) is 4.55. The Hall–Kier alpha value is -1.00. The van der Waals surface area contributed by atoms with E-state index in [1.807, 2.05) is 42.5 Å². The highest BCUT2D eigenvalue weighted by atomic mass is 79.9. The van der Waals surface area contributed by atoms with Gasteiger partial charge < -0.3 is 10.1 Å². The lowest BCUT2D eigenvalue weighted by molar-refractivity contribution is 0.332. The molecule has 0 aliphatic carbocycles. The SMILES string of the molecule is Cc1cc(OCCNc2ccc(Br)cc2)ccc1Br. The Morgan fingerprint density at radius 1 is 1.05 bits per heavy atom. The van der Waals surface area contributed by atoms with Gasteiger partial charge in [-0.15, -0.1) is 0 Å². The fourth-order valence-electron chi connectivity index (χ4n) is 1.64. The van der Waals surface area contributed by atoms with Crippen LogP contribution in [0.25, 0.3) is 0 Å². The van der Waals surface area contributed by atoms with Gasteiger partial charge in [0, 0.05) is 21.2 Å². The van der Waals surface area contributed by atoms with Gasteiger partial charge in [-0.25, -0.2) is 0 Å². The third-order valence-corrected chi connectivity index (χ3v) is 4.09. The molecule has 0 spiro atoms. The molecular formula is C15H15Br2NO. The van der Waals surface area contributed by atoms with Crippen LogP contribution in [0.3, 0.4) is 0 Å². The number of ether oxygens (including phenoxy) is 1. The molecule has 2 nitrogen and oxygen atoms in total. The van der Waals surface area contributed by atoms with E-state index in [0.29, 0.717) is 6.61 Å². The standard InChI is InChI=1S/C15H15Br2NO/c1-11-10-14(6-7-15(11)17)19-9-8-18-13-4-2-12(16)3-5-13/h2-7,10,18H,8-9H2,1H3. The fourth-order valence-corrected chi connectivity index (χ4v) is 2.15. The number of rotatable bonds is 5. The molecule has 0 saturated carbocycles. The topological polar surface area (TPSA) is 21.3 Å². The van der Waals surface area contributed by atoms with Gasteiger partial charge in [-0.3, -0.25) is 0 Å². The molecule has 0 aliphatic rings. The maximum absolute atomic E-state index is 5.69. The van der Waals surface area contributed by atoms with Gasteiger partial charge in [-0.1, -0.05) is 31.9 Å². The minimum atomic E-state index is 0.636. The van der Waals surface area contributed by atoms with Gasteiger partial charge in [0.1, 0.15) is 12.4 Å². The zero-order valence-corrected chi connectivity index (χ0v) is 13.8. The molecule has 0 amide bonds. The van der Waals surface area contributed by atoms with Crippen molar-refractivity contribution in [2.45, 2.75) is 6.92 Å². The van der Waals surface area contributed by atoms with Crippen molar-refractivity contribution in [3.8, 4) is 5.75 Å². The Kier molecular flexibility index (Phi) is 5.28. The first-order valence-electron chi connectivity index (χ1n) is 6.03. The lowest BCUT2D eigenvalue weighted by Gasteiger charge is -2.09. The summed E-state index contributed by atoms with van der Waals surface area (Å²) in [6.45, 7) is 3.46. The van der Waals surface area contributed by atoms with Crippen LogP contribution in [0.15, 0.2) is 51.4 Å². The highest BCUT2D eigenvalue weighted by Gasteiger charge is 1.98. The zero-order valence-electron chi connectivity index (χ0n) is 10.6. The molecule has 2 aromatic rings. The van der Waals surface area contributed by atoms with E-state index in [0.717, 1.165) is 26.9 Å². The van der Waals surface area contributed by atoms with Crippen LogP contribution < -0.4 is 10.1 Å². The first-order valence-corrected chi connectivity index (χ1v) is 7.62. The van der Waals surface area contributed by atoms with Crippen LogP contribution in [0.2, 0.25) is 0 Å². The van der Waals surface area contributed by atoms with Crippen LogP contribution in [0, 0.1) is 6.92 Å². The number of anilines is 1. The van der Waals surface area contributed by atoms with E-state index in [9.17, 15) is 0 Å². The molecule has 0 bridgehead atoms. The Balaban J connectivity index is 1.77. The minimum absolute atomic E-state index is 0.636. The summed E-state index contributed by atoms with van der Waals surface area (Å²) in [7, 11) is 0. The van der Waals surface area contributed by atoms with Crippen molar-refractivity contribution in [3.05, 3.63) is 57.0 Å². The molecule has 2 rings (SSSR count). The molecule has 0 radical (unpaired) electrons. The molecule has 1 N–H and O–H groups in total. The summed E-state index contributed by atoms with van der Waals surface area (Å²) >= 11 is 6.89. The van der Waals surface area contributed by atoms with Crippen LogP contribution in [0.1, 0.15) is 5.56 Å². The van der Waals surface area contributed by atoms with Crippen LogP contribution in [-0.2, 0) is 0 Å². The largest absolute Gasteiger partial charge is 0.492 e. The number of benzene rings is 2. The van der Waals surface area contributed by atoms with Gasteiger partial charge in [0.2, 0.25) is 0 Å². The Morgan fingerprint density at radius 2 is 1.79 bits per heavy atom. The number of nitrogens with one attached hydrogen (secondary N) is 1. The molecule has 19 heavy (non-hydrogen) atoms. The number of hydrogen-bond donors (Lipinski definition) is 1. The molecule has 0 fully saturated rings. The van der Waals surface area contributed by atoms with Gasteiger partial charge in [0.05, 0.1) is 0 Å². The maximum atomic E-state index is 5.69. The lowest BCUT2D eigenvalue weighted by atomic mass is 10.2. The average molecular weight is 385 g/mol. The van der Waals surface area contributed by atoms with Crippen LogP contribution in [0.4, 0.5) is 5.69 Å². The average Bonchev–Trinajstić information content (AvgIpc) is 2.41. The van der Waals surface area contributed by atoms with Crippen molar-refractivity contribution in [3.63, 3.8) is 0 Å². The van der Waals surface area contributed by atoms with E-state index in [1.54, 1.807) is 0 Å². The number of hydrogen-bond acceptors (Lipinski definition) is 2. The molecule has 2 aromatic carbocycles. The summed E-state index contributed by atoms with van der Waals surface area (Å²) in [5.74, 6) is 0.901. The Labute approximate surface area is 130 Å². The molecule has 0 atom stereocenters. The van der Waals surface area contributed by atoms with E-state index in [4.69, 9.17) is 4.74 Å². The minimum Gasteiger partial charge on any atom is -0.492 e. The van der Waals surface area contributed by atoms with Gasteiger partial charge in [-0.2, -0.15) is 0 Å². The van der Waals surface area contributed by atoms with Crippen molar-refractivity contribution in [2.75, 3.05) is 18.5 Å². The lowest BCUT2D eigenvalue weighted by Crippen LogP contribution is -2.11. The highest BCUT2D eigenvalue weighted by Crippen LogP contribution is 2.21. The second-order valence-corrected chi connectivity index (χ2v) is 5.96. The Bertz CT molecular complexity index is 540. The molecule has 0 aromatic heterocycles. The molecule has 4 heteroatoms. The second kappa shape index (κ2) is 6.96. The zero-order chi connectivity index (χ0) is 13.7. The van der Waals surface area contributed by atoms with Crippen molar-refractivity contribution in [2.24, 2.45) is 0 Å². The van der Waals surface area contributed by atoms with Crippen molar-refractivity contribution < 1.29 is 4.74 Å². The summed E-state index contributed by atoms with van der Waals surface area (Å²) in [5.41, 5.74) is 2.28. The molecule has 0 unspecified atom stereocenters. The first-order chi connectivity index (χ1) is 9.15. The quantitative estimate of drug-likeness (QED) is 0.731. The molecule has 0 aliphatic heterocycles. The van der Waals surface area contributed by atoms with Gasteiger partial charge in [0.25, 0.3) is 0 Å². The number of aryl methyl sites for hydroxylation is 1. The monoisotopic (exact) mass is 383 g/mol. The summed E-state index contributed by atoms with van der Waals surface area (Å²) in [6, 6.07) is 14.1. The summed E-state index contributed by atoms with van der Waals surface area (Å²) in [5, 5.41) is 3.31. The smallest absolute Gasteiger partial charge is 0.119 e. The second-order valence-electron chi connectivity index (χ2n) is 4.19. The summed E-state index contributed by atoms with van der Waals surface area (Å²) < 4.78 is 7.88. The van der Waals surface area contributed by atoms with Crippen molar-refractivity contribution in [1.82, 2.24) is 0 Å². The molecule has 0 saturated heterocycles. The summed E-state index contributed by atoms with van der Waals surface area (Å²) in [4.78, 5) is 0. The van der Waals surface area contributed by atoms with Gasteiger partial charge in [0.15, 0.2) is 0 Å². The van der Waals surface area contributed by atoms with Gasteiger partial charge >= 0.3 is 0 Å². The van der Waals surface area contributed by atoms with E-state index in [1.165, 1.54) is 5.56 Å². The van der Waals surface area contributed by atoms with Crippen LogP contribution in [0.5, 0.6) is 5.75 Å². The first kappa shape index (κ1) is 14.4. The highest BCUT2D eigenvalue weighted by molar-refractivity contribution is 9.10. The maximum Gasteiger partial charge on any atom is 0.119 e. The van der Waals surface area contributed by atoms with E-state index < -0.39 is 0 Å². The fraction of sp³-hybridized carbons (Fsp3) is 0.200. The van der Waals surface area contributed by atoms with Gasteiger partial charge in [-0.05, 0) is 55.0 Å². The predicted octanol–water partition coefficient (Wildman–Crippen LogP) is 5.01. The Morgan fingerprint density at radius 3 is 2.47 bits per heavy atom. The van der Waals surface area contributed by atoms with E-state index in [2.05, 4.69) is 44.1 Å². The van der Waals surface area contributed by atoms with Crippen molar-refractivity contribution in [1.29, 1.82) is 0 Å².